The van der Waals surface area contributed by atoms with Crippen molar-refractivity contribution in [1.82, 2.24) is 0 Å². The molecular formula is C12H16O. The summed E-state index contributed by atoms with van der Waals surface area (Å²) in [6.45, 7) is 3.20. The highest BCUT2D eigenvalue weighted by molar-refractivity contribution is 5.15. The van der Waals surface area contributed by atoms with Crippen LogP contribution in [0.25, 0.3) is 0 Å². The second-order valence-electron chi connectivity index (χ2n) is 3.99. The number of benzene rings is 1. The molecule has 0 bridgehead atoms. The van der Waals surface area contributed by atoms with Crippen LogP contribution < -0.4 is 0 Å². The maximum atomic E-state index is 5.67. The molecule has 0 unspecified atom stereocenters. The standard InChI is InChI=1S/C12H16O/c1-10-7-12(13-9-10)8-11-5-3-2-4-6-11/h2-6,10,12H,7-9H2,1H3/t10-,12+/m0/s1. The Kier molecular flexibility index (Phi) is 2.65. The fourth-order valence-corrected chi connectivity index (χ4v) is 1.90. The minimum atomic E-state index is 0.456. The lowest BCUT2D eigenvalue weighted by Gasteiger charge is -2.08. The molecule has 1 fully saturated rings. The van der Waals surface area contributed by atoms with Crippen molar-refractivity contribution >= 4 is 0 Å². The molecule has 2 rings (SSSR count). The molecule has 0 N–H and O–H groups in total. The van der Waals surface area contributed by atoms with Crippen molar-refractivity contribution in [1.29, 1.82) is 0 Å². The molecule has 0 spiro atoms. The molecule has 1 nitrogen and oxygen atoms in total. The van der Waals surface area contributed by atoms with Gasteiger partial charge in [-0.25, -0.2) is 0 Å². The lowest BCUT2D eigenvalue weighted by Crippen LogP contribution is -2.08. The second kappa shape index (κ2) is 3.93. The first-order valence-corrected chi connectivity index (χ1v) is 5.00. The monoisotopic (exact) mass is 176 g/mol. The van der Waals surface area contributed by atoms with Gasteiger partial charge in [0.1, 0.15) is 0 Å². The number of hydrogen-bond acceptors (Lipinski definition) is 1. The minimum Gasteiger partial charge on any atom is -0.378 e. The molecule has 1 heterocycles. The maximum absolute atomic E-state index is 5.67. The van der Waals surface area contributed by atoms with E-state index in [2.05, 4.69) is 37.3 Å². The number of hydrogen-bond donors (Lipinski definition) is 0. The Labute approximate surface area is 79.7 Å². The van der Waals surface area contributed by atoms with Crippen molar-refractivity contribution in [2.24, 2.45) is 5.92 Å². The fourth-order valence-electron chi connectivity index (χ4n) is 1.90. The summed E-state index contributed by atoms with van der Waals surface area (Å²) in [5.41, 5.74) is 1.39. The van der Waals surface area contributed by atoms with E-state index in [1.807, 2.05) is 0 Å². The van der Waals surface area contributed by atoms with E-state index in [1.54, 1.807) is 0 Å². The van der Waals surface area contributed by atoms with Crippen molar-refractivity contribution in [2.45, 2.75) is 25.9 Å². The molecule has 1 aromatic carbocycles. The van der Waals surface area contributed by atoms with Crippen LogP contribution in [0, 0.1) is 5.92 Å². The van der Waals surface area contributed by atoms with E-state index in [9.17, 15) is 0 Å². The van der Waals surface area contributed by atoms with Crippen molar-refractivity contribution in [3.63, 3.8) is 0 Å². The largest absolute Gasteiger partial charge is 0.378 e. The number of ether oxygens (including phenoxy) is 1. The average Bonchev–Trinajstić information content (AvgIpc) is 2.53. The molecule has 0 aromatic heterocycles. The quantitative estimate of drug-likeness (QED) is 0.673. The normalized spacial score (nSPS) is 27.8. The molecule has 1 aliphatic rings. The summed E-state index contributed by atoms with van der Waals surface area (Å²) in [7, 11) is 0. The highest BCUT2D eigenvalue weighted by Crippen LogP contribution is 2.21. The highest BCUT2D eigenvalue weighted by Gasteiger charge is 2.21. The molecule has 0 amide bonds. The first-order chi connectivity index (χ1) is 6.34. The second-order valence-corrected chi connectivity index (χ2v) is 3.99. The van der Waals surface area contributed by atoms with E-state index < -0.39 is 0 Å². The van der Waals surface area contributed by atoms with Crippen LogP contribution in [0.3, 0.4) is 0 Å². The van der Waals surface area contributed by atoms with E-state index in [0.717, 1.165) is 18.9 Å². The van der Waals surface area contributed by atoms with E-state index in [0.29, 0.717) is 6.10 Å². The van der Waals surface area contributed by atoms with Gasteiger partial charge in [-0.1, -0.05) is 37.3 Å². The van der Waals surface area contributed by atoms with Crippen LogP contribution in [-0.2, 0) is 11.2 Å². The van der Waals surface area contributed by atoms with Crippen LogP contribution in [-0.4, -0.2) is 12.7 Å². The molecule has 0 radical (unpaired) electrons. The van der Waals surface area contributed by atoms with Gasteiger partial charge in [0.05, 0.1) is 6.10 Å². The number of rotatable bonds is 2. The van der Waals surface area contributed by atoms with Gasteiger partial charge in [0.25, 0.3) is 0 Å². The van der Waals surface area contributed by atoms with Gasteiger partial charge in [0.15, 0.2) is 0 Å². The summed E-state index contributed by atoms with van der Waals surface area (Å²) in [6, 6.07) is 10.6. The molecule has 2 atom stereocenters. The van der Waals surface area contributed by atoms with Crippen LogP contribution in [0.1, 0.15) is 18.9 Å². The molecule has 70 valence electrons. The lowest BCUT2D eigenvalue weighted by atomic mass is 10.0. The van der Waals surface area contributed by atoms with Crippen LogP contribution in [0.5, 0.6) is 0 Å². The summed E-state index contributed by atoms with van der Waals surface area (Å²) in [5, 5.41) is 0. The zero-order chi connectivity index (χ0) is 9.10. The summed E-state index contributed by atoms with van der Waals surface area (Å²) < 4.78 is 5.67. The molecule has 0 aliphatic carbocycles. The van der Waals surface area contributed by atoms with Gasteiger partial charge >= 0.3 is 0 Å². The van der Waals surface area contributed by atoms with Crippen LogP contribution in [0.15, 0.2) is 30.3 Å². The lowest BCUT2D eigenvalue weighted by molar-refractivity contribution is 0.108. The predicted octanol–water partition coefficient (Wildman–Crippen LogP) is 2.65. The molecule has 0 saturated carbocycles. The van der Waals surface area contributed by atoms with Crippen LogP contribution >= 0.6 is 0 Å². The molecular weight excluding hydrogens is 160 g/mol. The summed E-state index contributed by atoms with van der Waals surface area (Å²) >= 11 is 0. The summed E-state index contributed by atoms with van der Waals surface area (Å²) in [5.74, 6) is 0.744. The van der Waals surface area contributed by atoms with E-state index in [1.165, 1.54) is 12.0 Å². The van der Waals surface area contributed by atoms with Crippen molar-refractivity contribution in [3.05, 3.63) is 35.9 Å². The van der Waals surface area contributed by atoms with Gasteiger partial charge in [-0.2, -0.15) is 0 Å². The van der Waals surface area contributed by atoms with Gasteiger partial charge in [-0.15, -0.1) is 0 Å². The first-order valence-electron chi connectivity index (χ1n) is 5.00. The van der Waals surface area contributed by atoms with Gasteiger partial charge in [0.2, 0.25) is 0 Å². The molecule has 1 aromatic rings. The van der Waals surface area contributed by atoms with E-state index >= 15 is 0 Å². The third kappa shape index (κ3) is 2.31. The molecule has 1 aliphatic heterocycles. The molecule has 1 heteroatoms. The van der Waals surface area contributed by atoms with E-state index in [4.69, 9.17) is 4.74 Å². The average molecular weight is 176 g/mol. The van der Waals surface area contributed by atoms with Crippen molar-refractivity contribution in [2.75, 3.05) is 6.61 Å². The Bertz CT molecular complexity index is 255. The van der Waals surface area contributed by atoms with Gasteiger partial charge in [-0.05, 0) is 24.3 Å². The third-order valence-electron chi connectivity index (χ3n) is 2.59. The van der Waals surface area contributed by atoms with Crippen LogP contribution in [0.2, 0.25) is 0 Å². The Hall–Kier alpha value is -0.820. The van der Waals surface area contributed by atoms with Crippen molar-refractivity contribution in [3.8, 4) is 0 Å². The predicted molar refractivity (Wildman–Crippen MR) is 53.7 cm³/mol. The van der Waals surface area contributed by atoms with Gasteiger partial charge < -0.3 is 4.74 Å². The SMILES string of the molecule is C[C@@H]1CO[C@@H](Cc2ccccc2)C1. The van der Waals surface area contributed by atoms with Gasteiger partial charge in [-0.3, -0.25) is 0 Å². The maximum Gasteiger partial charge on any atom is 0.0618 e. The zero-order valence-electron chi connectivity index (χ0n) is 8.07. The van der Waals surface area contributed by atoms with E-state index in [-0.39, 0.29) is 0 Å². The minimum absolute atomic E-state index is 0.456. The molecule has 1 saturated heterocycles. The molecule has 13 heavy (non-hydrogen) atoms. The smallest absolute Gasteiger partial charge is 0.0618 e. The van der Waals surface area contributed by atoms with Crippen LogP contribution in [0.4, 0.5) is 0 Å². The van der Waals surface area contributed by atoms with Crippen molar-refractivity contribution < 1.29 is 4.74 Å². The third-order valence-corrected chi connectivity index (χ3v) is 2.59. The Morgan fingerprint density at radius 1 is 1.31 bits per heavy atom. The Morgan fingerprint density at radius 3 is 2.69 bits per heavy atom. The Balaban J connectivity index is 1.92. The Morgan fingerprint density at radius 2 is 2.08 bits per heavy atom. The summed E-state index contributed by atoms with van der Waals surface area (Å²) in [4.78, 5) is 0. The first kappa shape index (κ1) is 8.76. The topological polar surface area (TPSA) is 9.23 Å². The summed E-state index contributed by atoms with van der Waals surface area (Å²) in [6.07, 6.45) is 2.75. The highest BCUT2D eigenvalue weighted by atomic mass is 16.5. The van der Waals surface area contributed by atoms with Gasteiger partial charge in [0, 0.05) is 6.61 Å². The zero-order valence-corrected chi connectivity index (χ0v) is 8.07. The fraction of sp³-hybridized carbons (Fsp3) is 0.500.